The van der Waals surface area contributed by atoms with E-state index in [1.807, 2.05) is 42.5 Å². The Balaban J connectivity index is 1.30. The number of carbonyl (C=O) groups excluding carboxylic acids is 1. The highest BCUT2D eigenvalue weighted by molar-refractivity contribution is 6.06. The van der Waals surface area contributed by atoms with Crippen molar-refractivity contribution < 1.29 is 23.4 Å². The maximum Gasteiger partial charge on any atom is 0.414 e. The molecule has 0 radical (unpaired) electrons. The van der Waals surface area contributed by atoms with Gasteiger partial charge in [0, 0.05) is 63.3 Å². The molecule has 236 valence electrons. The van der Waals surface area contributed by atoms with Crippen molar-refractivity contribution in [3.8, 4) is 11.1 Å². The lowest BCUT2D eigenvalue weighted by atomic mass is 10.0. The average molecular weight is 621 g/mol. The summed E-state index contributed by atoms with van der Waals surface area (Å²) in [4.78, 5) is 22.1. The SMILES string of the molecule is CN1CCN(Cc2cccc(NC(=O)C3=C(NCc4ccc(-c5cnc(N)c(C(N)=[NH2+])c5)cc4)NCC(C(F)(F)F)=C3)c2)CC1. The predicted octanol–water partition coefficient (Wildman–Crippen LogP) is 1.57. The van der Waals surface area contributed by atoms with Gasteiger partial charge in [-0.3, -0.25) is 20.8 Å². The number of piperazine rings is 1. The number of amides is 1. The van der Waals surface area contributed by atoms with E-state index in [0.29, 0.717) is 11.3 Å². The summed E-state index contributed by atoms with van der Waals surface area (Å²) < 4.78 is 40.9. The first-order valence-corrected chi connectivity index (χ1v) is 14.5. The van der Waals surface area contributed by atoms with E-state index in [9.17, 15) is 18.0 Å². The second-order valence-electron chi connectivity index (χ2n) is 11.2. The van der Waals surface area contributed by atoms with Gasteiger partial charge >= 0.3 is 6.18 Å². The van der Waals surface area contributed by atoms with Gasteiger partial charge in [-0.1, -0.05) is 36.4 Å². The Morgan fingerprint density at radius 1 is 1.04 bits per heavy atom. The van der Waals surface area contributed by atoms with E-state index in [-0.39, 0.29) is 29.6 Å². The molecule has 0 spiro atoms. The number of nitrogens with one attached hydrogen (secondary N) is 3. The zero-order valence-corrected chi connectivity index (χ0v) is 24.9. The second kappa shape index (κ2) is 13.4. The predicted molar refractivity (Wildman–Crippen MR) is 168 cm³/mol. The molecule has 1 amide bonds. The van der Waals surface area contributed by atoms with Gasteiger partial charge in [0.05, 0.1) is 11.1 Å². The third-order valence-corrected chi connectivity index (χ3v) is 7.83. The number of hydrogen-bond donors (Lipinski definition) is 6. The largest absolute Gasteiger partial charge is 0.414 e. The van der Waals surface area contributed by atoms with Crippen molar-refractivity contribution >= 4 is 23.2 Å². The molecular formula is C32H37F3N9O+. The van der Waals surface area contributed by atoms with E-state index < -0.39 is 24.2 Å². The highest BCUT2D eigenvalue weighted by Gasteiger charge is 2.36. The standard InChI is InChI=1S/C32H36F3N9O/c1-43-9-11-44(12-10-43)19-21-3-2-4-25(13-21)42-31(45)27-15-24(32(33,34)35)18-41-30(27)40-16-20-5-7-22(8-6-20)23-14-26(28(36)37)29(38)39-17-23/h2-8,13-15,17,40-41H,9-12,16,18-19H2,1H3,(H3,36,37)(H2,38,39)(H,42,45)/p+1. The summed E-state index contributed by atoms with van der Waals surface area (Å²) in [5.41, 5.74) is 15.0. The van der Waals surface area contributed by atoms with E-state index in [2.05, 4.69) is 37.8 Å². The number of hydrogen-bond acceptors (Lipinski definition) is 7. The van der Waals surface area contributed by atoms with Crippen LogP contribution in [0.3, 0.4) is 0 Å². The number of nitrogen functional groups attached to an aromatic ring is 1. The Morgan fingerprint density at radius 3 is 2.47 bits per heavy atom. The maximum absolute atomic E-state index is 13.6. The van der Waals surface area contributed by atoms with Gasteiger partial charge in [0.15, 0.2) is 0 Å². The van der Waals surface area contributed by atoms with Crippen molar-refractivity contribution in [3.63, 3.8) is 0 Å². The molecule has 3 aromatic rings. The van der Waals surface area contributed by atoms with Crippen molar-refractivity contribution in [1.29, 1.82) is 0 Å². The van der Waals surface area contributed by atoms with E-state index in [0.717, 1.165) is 61.1 Å². The van der Waals surface area contributed by atoms with Gasteiger partial charge in [0.25, 0.3) is 11.7 Å². The van der Waals surface area contributed by atoms with Crippen LogP contribution in [-0.2, 0) is 17.9 Å². The van der Waals surface area contributed by atoms with Crippen molar-refractivity contribution in [2.45, 2.75) is 19.3 Å². The van der Waals surface area contributed by atoms with Crippen molar-refractivity contribution in [1.82, 2.24) is 25.4 Å². The minimum atomic E-state index is -4.58. The molecule has 5 rings (SSSR count). The number of dihydropyridines is 1. The highest BCUT2D eigenvalue weighted by Crippen LogP contribution is 2.29. The van der Waals surface area contributed by atoms with Crippen LogP contribution in [0.15, 0.2) is 83.8 Å². The van der Waals surface area contributed by atoms with Gasteiger partial charge in [-0.05, 0) is 48.0 Å². The summed E-state index contributed by atoms with van der Waals surface area (Å²) in [5, 5.41) is 14.4. The second-order valence-corrected chi connectivity index (χ2v) is 11.2. The van der Waals surface area contributed by atoms with Gasteiger partial charge in [-0.15, -0.1) is 0 Å². The monoisotopic (exact) mass is 620 g/mol. The maximum atomic E-state index is 13.6. The van der Waals surface area contributed by atoms with Gasteiger partial charge < -0.3 is 26.6 Å². The molecular weight excluding hydrogens is 583 g/mol. The third kappa shape index (κ3) is 7.99. The number of aromatic nitrogens is 1. The number of anilines is 2. The van der Waals surface area contributed by atoms with Crippen LogP contribution in [0, 0.1) is 0 Å². The Morgan fingerprint density at radius 2 is 1.78 bits per heavy atom. The molecule has 0 bridgehead atoms. The summed E-state index contributed by atoms with van der Waals surface area (Å²) in [6, 6.07) is 16.6. The van der Waals surface area contributed by atoms with Crippen molar-refractivity contribution in [3.05, 3.63) is 101 Å². The van der Waals surface area contributed by atoms with Crippen LogP contribution in [0.2, 0.25) is 0 Å². The molecule has 0 aliphatic carbocycles. The normalized spacial score (nSPS) is 16.1. The topological polar surface area (TPSA) is 150 Å². The fourth-order valence-corrected chi connectivity index (χ4v) is 5.18. The number of carbonyl (C=O) groups is 1. The zero-order chi connectivity index (χ0) is 32.1. The smallest absolute Gasteiger partial charge is 0.383 e. The molecule has 2 aromatic carbocycles. The van der Waals surface area contributed by atoms with Crippen LogP contribution in [0.5, 0.6) is 0 Å². The molecule has 2 aliphatic rings. The molecule has 9 N–H and O–H groups in total. The summed E-state index contributed by atoms with van der Waals surface area (Å²) in [6.07, 6.45) is -2.06. The number of nitrogens with two attached hydrogens (primary N) is 3. The lowest BCUT2D eigenvalue weighted by Crippen LogP contribution is -2.46. The Kier molecular flexibility index (Phi) is 9.40. The number of amidine groups is 1. The molecule has 3 heterocycles. The molecule has 10 nitrogen and oxygen atoms in total. The van der Waals surface area contributed by atoms with E-state index in [1.165, 1.54) is 0 Å². The number of nitrogens with zero attached hydrogens (tertiary/aromatic N) is 3. The molecule has 0 unspecified atom stereocenters. The molecule has 0 atom stereocenters. The highest BCUT2D eigenvalue weighted by atomic mass is 19.4. The Hall–Kier alpha value is -4.88. The number of likely N-dealkylation sites (N-methyl/N-ethyl adjacent to an activating group) is 1. The van der Waals surface area contributed by atoms with Crippen LogP contribution < -0.4 is 32.8 Å². The minimum absolute atomic E-state index is 0.0665. The van der Waals surface area contributed by atoms with Gasteiger partial charge in [0.1, 0.15) is 17.2 Å². The molecule has 13 heteroatoms. The number of benzene rings is 2. The van der Waals surface area contributed by atoms with E-state index in [4.69, 9.17) is 16.9 Å². The van der Waals surface area contributed by atoms with E-state index >= 15 is 0 Å². The fraction of sp³-hybridized carbons (Fsp3) is 0.281. The van der Waals surface area contributed by atoms with Crippen LogP contribution in [-0.4, -0.2) is 72.5 Å². The Labute approximate surface area is 259 Å². The fourth-order valence-electron chi connectivity index (χ4n) is 5.18. The molecule has 1 saturated heterocycles. The van der Waals surface area contributed by atoms with E-state index in [1.54, 1.807) is 18.3 Å². The number of alkyl halides is 3. The number of rotatable bonds is 9. The molecule has 45 heavy (non-hydrogen) atoms. The molecule has 1 aromatic heterocycles. The third-order valence-electron chi connectivity index (χ3n) is 7.83. The minimum Gasteiger partial charge on any atom is -0.383 e. The van der Waals surface area contributed by atoms with Crippen LogP contribution in [0.25, 0.3) is 11.1 Å². The summed E-state index contributed by atoms with van der Waals surface area (Å²) in [5.74, 6) is -0.147. The average Bonchev–Trinajstić information content (AvgIpc) is 3.01. The van der Waals surface area contributed by atoms with Crippen molar-refractivity contribution in [2.24, 2.45) is 5.73 Å². The molecule has 1 fully saturated rings. The first kappa shape index (κ1) is 31.5. The summed E-state index contributed by atoms with van der Waals surface area (Å²) in [6.45, 7) is 4.36. The first-order valence-electron chi connectivity index (χ1n) is 14.5. The van der Waals surface area contributed by atoms with Gasteiger partial charge in [-0.2, -0.15) is 13.2 Å². The summed E-state index contributed by atoms with van der Waals surface area (Å²) >= 11 is 0. The van der Waals surface area contributed by atoms with Gasteiger partial charge in [0.2, 0.25) is 0 Å². The lowest BCUT2D eigenvalue weighted by Gasteiger charge is -2.32. The number of halogens is 3. The van der Waals surface area contributed by atoms with Gasteiger partial charge in [-0.25, -0.2) is 4.98 Å². The quantitative estimate of drug-likeness (QED) is 0.156. The molecule has 0 saturated carbocycles. The van der Waals surface area contributed by atoms with Crippen molar-refractivity contribution in [2.75, 3.05) is 50.8 Å². The first-order chi connectivity index (χ1) is 21.5. The molecule has 2 aliphatic heterocycles. The van der Waals surface area contributed by atoms with Crippen LogP contribution in [0.1, 0.15) is 16.7 Å². The number of pyridine rings is 1. The summed E-state index contributed by atoms with van der Waals surface area (Å²) in [7, 11) is 2.09. The lowest BCUT2D eigenvalue weighted by molar-refractivity contribution is -0.114. The zero-order valence-electron chi connectivity index (χ0n) is 24.9. The van der Waals surface area contributed by atoms with Crippen LogP contribution in [0.4, 0.5) is 24.7 Å². The Bertz CT molecular complexity index is 1630. The van der Waals surface area contributed by atoms with Crippen LogP contribution >= 0.6 is 0 Å².